The van der Waals surface area contributed by atoms with Crippen LogP contribution in [0.1, 0.15) is 286 Å². The molecule has 78 heavy (non-hydrogen) atoms. The molecule has 0 radical (unpaired) electrons. The van der Waals surface area contributed by atoms with Gasteiger partial charge in [-0.2, -0.15) is 0 Å². The zero-order valence-corrected chi connectivity index (χ0v) is 51.7. The van der Waals surface area contributed by atoms with E-state index in [1.807, 2.05) is 0 Å². The van der Waals surface area contributed by atoms with Gasteiger partial charge < -0.3 is 33.8 Å². The summed E-state index contributed by atoms with van der Waals surface area (Å²) < 4.78 is 67.6. The third-order valence-electron chi connectivity index (χ3n) is 14.2. The monoisotopic (exact) mass is 1160 g/mol. The quantitative estimate of drug-likeness (QED) is 0.0222. The maximum Gasteiger partial charge on any atom is 0.472 e. The van der Waals surface area contributed by atoms with Crippen LogP contribution >= 0.6 is 15.6 Å². The fraction of sp³-hybridized carbons (Fsp3) is 0.932. The molecule has 0 saturated heterocycles. The average molecular weight is 1160 g/mol. The number of ether oxygens (including phenoxy) is 4. The number of carbonyl (C=O) groups is 4. The van der Waals surface area contributed by atoms with Crippen LogP contribution in [0.15, 0.2) is 0 Å². The summed E-state index contributed by atoms with van der Waals surface area (Å²) in [6.07, 6.45) is 32.2. The summed E-state index contributed by atoms with van der Waals surface area (Å²) >= 11 is 0. The van der Waals surface area contributed by atoms with Crippen LogP contribution in [0.2, 0.25) is 0 Å². The third-order valence-corrected chi connectivity index (χ3v) is 16.1. The van der Waals surface area contributed by atoms with E-state index < -0.39 is 97.5 Å². The van der Waals surface area contributed by atoms with Gasteiger partial charge in [0.15, 0.2) is 12.2 Å². The van der Waals surface area contributed by atoms with Crippen molar-refractivity contribution in [2.45, 2.75) is 304 Å². The first-order valence-electron chi connectivity index (χ1n) is 31.1. The summed E-state index contributed by atoms with van der Waals surface area (Å²) in [4.78, 5) is 71.7. The lowest BCUT2D eigenvalue weighted by molar-refractivity contribution is -0.161. The maximum atomic E-state index is 12.9. The molecule has 4 unspecified atom stereocenters. The molecule has 0 aliphatic carbocycles. The third kappa shape index (κ3) is 51.0. The van der Waals surface area contributed by atoms with E-state index in [2.05, 4.69) is 41.5 Å². The summed E-state index contributed by atoms with van der Waals surface area (Å²) in [6, 6.07) is 0. The van der Waals surface area contributed by atoms with Gasteiger partial charge in [0.05, 0.1) is 26.4 Å². The van der Waals surface area contributed by atoms with Crippen molar-refractivity contribution in [3.8, 4) is 0 Å². The number of rotatable bonds is 58. The molecule has 0 saturated carbocycles. The number of hydrogen-bond acceptors (Lipinski definition) is 15. The van der Waals surface area contributed by atoms with Gasteiger partial charge in [0, 0.05) is 25.7 Å². The zero-order chi connectivity index (χ0) is 58.0. The summed E-state index contributed by atoms with van der Waals surface area (Å²) in [5.41, 5.74) is 0. The first-order valence-corrected chi connectivity index (χ1v) is 34.1. The summed E-state index contributed by atoms with van der Waals surface area (Å²) in [5.74, 6) is -0.604. The molecule has 0 fully saturated rings. The standard InChI is InChI=1S/C59H114O17P2/c1-7-11-13-15-21-29-35-41-56(61)69-47-54(75-58(63)43-37-31-22-16-14-12-8-2)49-73-77(65,66)71-45-53(60)46-72-78(67,68)74-50-55(76-59(64)44-38-32-26-20-18-24-28-34-40-52(6)10-4)48-70-57(62)42-36-30-25-19-17-23-27-33-39-51(5)9-3/h51-55,60H,7-50H2,1-6H3,(H,65,66)(H,67,68)/t51?,52?,53-,54+,55+/m0/s1. The molecule has 0 aromatic rings. The van der Waals surface area contributed by atoms with Crippen molar-refractivity contribution in [2.24, 2.45) is 11.8 Å². The molecular weight excluding hydrogens is 1040 g/mol. The minimum Gasteiger partial charge on any atom is -0.462 e. The molecule has 17 nitrogen and oxygen atoms in total. The summed E-state index contributed by atoms with van der Waals surface area (Å²) in [5, 5.41) is 10.5. The second-order valence-corrected chi connectivity index (χ2v) is 24.8. The van der Waals surface area contributed by atoms with Crippen molar-refractivity contribution in [3.63, 3.8) is 0 Å². The molecule has 0 aliphatic heterocycles. The lowest BCUT2D eigenvalue weighted by atomic mass is 9.99. The Morgan fingerprint density at radius 2 is 0.615 bits per heavy atom. The predicted octanol–water partition coefficient (Wildman–Crippen LogP) is 15.7. The molecule has 462 valence electrons. The predicted molar refractivity (Wildman–Crippen MR) is 308 cm³/mol. The molecule has 0 bridgehead atoms. The number of carbonyl (C=O) groups excluding carboxylic acids is 4. The van der Waals surface area contributed by atoms with E-state index in [0.717, 1.165) is 127 Å². The van der Waals surface area contributed by atoms with Crippen molar-refractivity contribution in [1.29, 1.82) is 0 Å². The molecule has 0 aromatic heterocycles. The summed E-state index contributed by atoms with van der Waals surface area (Å²) in [6.45, 7) is 9.37. The van der Waals surface area contributed by atoms with E-state index in [1.54, 1.807) is 0 Å². The highest BCUT2D eigenvalue weighted by Crippen LogP contribution is 2.45. The Kier molecular flexibility index (Phi) is 50.6. The first-order chi connectivity index (χ1) is 37.4. The van der Waals surface area contributed by atoms with E-state index in [4.69, 9.17) is 37.0 Å². The smallest absolute Gasteiger partial charge is 0.462 e. The Labute approximate surface area is 473 Å². The largest absolute Gasteiger partial charge is 0.472 e. The number of aliphatic hydroxyl groups is 1. The Morgan fingerprint density at radius 3 is 0.910 bits per heavy atom. The number of aliphatic hydroxyl groups excluding tert-OH is 1. The van der Waals surface area contributed by atoms with Gasteiger partial charge in [-0.1, -0.05) is 234 Å². The minimum absolute atomic E-state index is 0.103. The van der Waals surface area contributed by atoms with Crippen LogP contribution in [0.25, 0.3) is 0 Å². The van der Waals surface area contributed by atoms with Gasteiger partial charge >= 0.3 is 39.5 Å². The van der Waals surface area contributed by atoms with E-state index in [1.165, 1.54) is 77.0 Å². The highest BCUT2D eigenvalue weighted by atomic mass is 31.2. The minimum atomic E-state index is -4.94. The van der Waals surface area contributed by atoms with E-state index in [9.17, 15) is 43.2 Å². The van der Waals surface area contributed by atoms with Crippen LogP contribution < -0.4 is 0 Å². The molecule has 0 aromatic carbocycles. The molecule has 0 spiro atoms. The Hall–Kier alpha value is -1.94. The Morgan fingerprint density at radius 1 is 0.359 bits per heavy atom. The molecule has 0 amide bonds. The van der Waals surface area contributed by atoms with E-state index in [-0.39, 0.29) is 25.7 Å². The second kappa shape index (κ2) is 51.9. The van der Waals surface area contributed by atoms with Gasteiger partial charge in [0.2, 0.25) is 0 Å². The number of phosphoric acid groups is 2. The lowest BCUT2D eigenvalue weighted by Gasteiger charge is -2.21. The van der Waals surface area contributed by atoms with Gasteiger partial charge in [-0.25, -0.2) is 9.13 Å². The number of esters is 4. The van der Waals surface area contributed by atoms with Gasteiger partial charge in [0.1, 0.15) is 19.3 Å². The summed E-state index contributed by atoms with van der Waals surface area (Å²) in [7, 11) is -9.87. The van der Waals surface area contributed by atoms with Gasteiger partial charge in [-0.15, -0.1) is 0 Å². The number of unbranched alkanes of at least 4 members (excludes halogenated alkanes) is 26. The molecule has 0 aliphatic rings. The molecule has 0 heterocycles. The normalized spacial score (nSPS) is 15.1. The van der Waals surface area contributed by atoms with Crippen molar-refractivity contribution in [2.75, 3.05) is 39.6 Å². The van der Waals surface area contributed by atoms with Crippen molar-refractivity contribution in [1.82, 2.24) is 0 Å². The SMILES string of the molecule is CCCCCCCCCC(=O)OC[C@H](COP(=O)(O)OC[C@H](O)COP(=O)(O)OC[C@@H](COC(=O)CCCCCCCCCCC(C)CC)OC(=O)CCCCCCCCCCC(C)CC)OC(=O)CCCCCCCCC. The molecule has 0 rings (SSSR count). The topological polar surface area (TPSA) is 237 Å². The first kappa shape index (κ1) is 76.1. The van der Waals surface area contributed by atoms with Gasteiger partial charge in [-0.3, -0.25) is 37.3 Å². The highest BCUT2D eigenvalue weighted by molar-refractivity contribution is 7.47. The fourth-order valence-electron chi connectivity index (χ4n) is 8.58. The zero-order valence-electron chi connectivity index (χ0n) is 50.0. The fourth-order valence-corrected chi connectivity index (χ4v) is 10.2. The average Bonchev–Trinajstić information content (AvgIpc) is 3.41. The Balaban J connectivity index is 5.21. The highest BCUT2D eigenvalue weighted by Gasteiger charge is 2.30. The lowest BCUT2D eigenvalue weighted by Crippen LogP contribution is -2.30. The molecule has 19 heteroatoms. The Bertz CT molecular complexity index is 1550. The van der Waals surface area contributed by atoms with Crippen LogP contribution in [0, 0.1) is 11.8 Å². The number of hydrogen-bond donors (Lipinski definition) is 3. The molecular formula is C59H114O17P2. The van der Waals surface area contributed by atoms with Crippen LogP contribution in [0.4, 0.5) is 0 Å². The van der Waals surface area contributed by atoms with Gasteiger partial charge in [0.25, 0.3) is 0 Å². The van der Waals surface area contributed by atoms with Crippen molar-refractivity contribution in [3.05, 3.63) is 0 Å². The van der Waals surface area contributed by atoms with Crippen LogP contribution in [-0.4, -0.2) is 96.7 Å². The van der Waals surface area contributed by atoms with Gasteiger partial charge in [-0.05, 0) is 37.5 Å². The van der Waals surface area contributed by atoms with Crippen molar-refractivity contribution >= 4 is 39.5 Å². The van der Waals surface area contributed by atoms with Crippen molar-refractivity contribution < 1.29 is 80.2 Å². The van der Waals surface area contributed by atoms with Crippen LogP contribution in [-0.2, 0) is 65.4 Å². The molecule has 3 N–H and O–H groups in total. The van der Waals surface area contributed by atoms with E-state index >= 15 is 0 Å². The second-order valence-electron chi connectivity index (χ2n) is 21.9. The molecule has 7 atom stereocenters. The van der Waals surface area contributed by atoms with Crippen LogP contribution in [0.5, 0.6) is 0 Å². The van der Waals surface area contributed by atoms with E-state index in [0.29, 0.717) is 25.7 Å². The number of phosphoric ester groups is 2. The maximum absolute atomic E-state index is 12.9. The van der Waals surface area contributed by atoms with Crippen LogP contribution in [0.3, 0.4) is 0 Å².